The number of rotatable bonds is 12. The summed E-state index contributed by atoms with van der Waals surface area (Å²) in [4.78, 5) is 71.0. The minimum absolute atomic E-state index is 0.268. The number of methoxy groups -OCH3 is 3. The van der Waals surface area contributed by atoms with Crippen LogP contribution in [0.25, 0.3) is 33.6 Å². The molecule has 0 unspecified atom stereocenters. The largest absolute Gasteiger partial charge is 0.453 e. The second-order valence-corrected chi connectivity index (χ2v) is 15.3. The van der Waals surface area contributed by atoms with E-state index in [1.807, 2.05) is 55.5 Å². The summed E-state index contributed by atoms with van der Waals surface area (Å²) in [7, 11) is 3.95. The fourth-order valence-electron chi connectivity index (χ4n) is 7.71. The van der Waals surface area contributed by atoms with Crippen molar-refractivity contribution in [3.8, 4) is 33.6 Å². The molecule has 4 amide bonds. The molecule has 16 heteroatoms. The van der Waals surface area contributed by atoms with Crippen molar-refractivity contribution in [2.45, 2.75) is 88.7 Å². The number of nitrogens with zero attached hydrogens (tertiary/aromatic N) is 4. The molecule has 5 N–H and O–H groups in total. The number of aromatic amines is 2. The lowest BCUT2D eigenvalue weighted by molar-refractivity contribution is -0.141. The van der Waals surface area contributed by atoms with Crippen molar-refractivity contribution >= 4 is 24.0 Å². The number of aromatic nitrogens is 4. The minimum atomic E-state index is -1.52. The molecule has 0 bridgehead atoms. The van der Waals surface area contributed by atoms with Crippen LogP contribution in [0.15, 0.2) is 60.9 Å². The van der Waals surface area contributed by atoms with Gasteiger partial charge in [-0.3, -0.25) is 9.59 Å². The number of amides is 4. The molecule has 5 atom stereocenters. The Morgan fingerprint density at radius 2 is 1.39 bits per heavy atom. The topological polar surface area (TPSA) is 204 Å². The van der Waals surface area contributed by atoms with Crippen LogP contribution in [0.1, 0.15) is 71.1 Å². The molecule has 2 saturated heterocycles. The van der Waals surface area contributed by atoms with Crippen molar-refractivity contribution in [2.24, 2.45) is 0 Å². The Hall–Kier alpha value is -5.74. The van der Waals surface area contributed by atoms with Gasteiger partial charge in [0.05, 0.1) is 61.3 Å². The van der Waals surface area contributed by atoms with Gasteiger partial charge in [0.15, 0.2) is 0 Å². The number of likely N-dealkylation sites (tertiary alicyclic amines) is 2. The predicted octanol–water partition coefficient (Wildman–Crippen LogP) is 4.89. The SMILES string of the molecule is COC(=O)N[C@H](C(=O)N1CCC[C@@]1(C)c1ncc(-c2ccc(-c3ccc(-c4cnc([C@@H]5CCCN5C(=O)[C@@H](NC(=O)OC)C(C)(C)O)[nH]4)cc3)cc2)[nH]1)[C@@H](C)OC. The van der Waals surface area contributed by atoms with E-state index in [1.165, 1.54) is 35.2 Å². The maximum Gasteiger partial charge on any atom is 0.407 e. The summed E-state index contributed by atoms with van der Waals surface area (Å²) in [6.45, 7) is 7.64. The lowest BCUT2D eigenvalue weighted by Crippen LogP contribution is -2.58. The van der Waals surface area contributed by atoms with Gasteiger partial charge in [-0.1, -0.05) is 48.5 Å². The third-order valence-corrected chi connectivity index (χ3v) is 11.1. The van der Waals surface area contributed by atoms with Crippen molar-refractivity contribution in [2.75, 3.05) is 34.4 Å². The highest BCUT2D eigenvalue weighted by atomic mass is 16.5. The predicted molar refractivity (Wildman–Crippen MR) is 210 cm³/mol. The van der Waals surface area contributed by atoms with Crippen LogP contribution in [0.5, 0.6) is 0 Å². The fraction of sp³-hybridized carbons (Fsp3) is 0.463. The van der Waals surface area contributed by atoms with Gasteiger partial charge in [-0.25, -0.2) is 19.6 Å². The van der Waals surface area contributed by atoms with Gasteiger partial charge in [0.2, 0.25) is 11.8 Å². The summed E-state index contributed by atoms with van der Waals surface area (Å²) >= 11 is 0. The highest BCUT2D eigenvalue weighted by Crippen LogP contribution is 2.39. The van der Waals surface area contributed by atoms with Crippen LogP contribution in [0, 0.1) is 0 Å². The second kappa shape index (κ2) is 16.8. The maximum absolute atomic E-state index is 13.8. The average molecular weight is 785 g/mol. The first-order chi connectivity index (χ1) is 27.2. The Kier molecular flexibility index (Phi) is 12.0. The van der Waals surface area contributed by atoms with E-state index in [0.717, 1.165) is 46.5 Å². The summed E-state index contributed by atoms with van der Waals surface area (Å²) in [5.74, 6) is 0.617. The number of alkyl carbamates (subject to hydrolysis) is 2. The van der Waals surface area contributed by atoms with E-state index in [-0.39, 0.29) is 11.9 Å². The number of H-pyrrole nitrogens is 2. The Labute approximate surface area is 331 Å². The van der Waals surface area contributed by atoms with E-state index in [1.54, 1.807) is 29.1 Å². The first-order valence-corrected chi connectivity index (χ1v) is 19.1. The molecular weight excluding hydrogens is 732 g/mol. The van der Waals surface area contributed by atoms with Gasteiger partial charge in [-0.15, -0.1) is 0 Å². The normalized spacial score (nSPS) is 19.8. The zero-order chi connectivity index (χ0) is 41.1. The highest BCUT2D eigenvalue weighted by Gasteiger charge is 2.47. The van der Waals surface area contributed by atoms with E-state index < -0.39 is 47.4 Å². The molecular formula is C41H52N8O8. The number of aliphatic hydroxyl groups is 1. The van der Waals surface area contributed by atoms with Crippen molar-refractivity contribution in [1.29, 1.82) is 0 Å². The molecule has 0 saturated carbocycles. The lowest BCUT2D eigenvalue weighted by atomic mass is 9.96. The molecule has 2 aromatic carbocycles. The smallest absolute Gasteiger partial charge is 0.407 e. The third-order valence-electron chi connectivity index (χ3n) is 11.1. The van der Waals surface area contributed by atoms with Crippen LogP contribution in [0.2, 0.25) is 0 Å². The monoisotopic (exact) mass is 784 g/mol. The van der Waals surface area contributed by atoms with Crippen LogP contribution in [0.3, 0.4) is 0 Å². The van der Waals surface area contributed by atoms with Gasteiger partial charge in [-0.05, 0) is 75.6 Å². The molecule has 0 aliphatic carbocycles. The van der Waals surface area contributed by atoms with E-state index in [9.17, 15) is 24.3 Å². The molecule has 2 aliphatic heterocycles. The van der Waals surface area contributed by atoms with Crippen molar-refractivity contribution < 1.29 is 38.5 Å². The number of hydrogen-bond donors (Lipinski definition) is 5. The van der Waals surface area contributed by atoms with Crippen LogP contribution >= 0.6 is 0 Å². The molecule has 16 nitrogen and oxygen atoms in total. The van der Waals surface area contributed by atoms with Crippen LogP contribution < -0.4 is 10.6 Å². The molecule has 4 aromatic rings. The number of ether oxygens (including phenoxy) is 3. The van der Waals surface area contributed by atoms with Crippen molar-refractivity contribution in [1.82, 2.24) is 40.4 Å². The summed E-state index contributed by atoms with van der Waals surface area (Å²) in [5.41, 5.74) is 3.29. The second-order valence-electron chi connectivity index (χ2n) is 15.3. The third kappa shape index (κ3) is 8.51. The summed E-state index contributed by atoms with van der Waals surface area (Å²) in [5, 5.41) is 15.8. The zero-order valence-electron chi connectivity index (χ0n) is 33.4. The van der Waals surface area contributed by atoms with Crippen LogP contribution in [-0.4, -0.2) is 117 Å². The van der Waals surface area contributed by atoms with E-state index in [0.29, 0.717) is 37.6 Å². The Morgan fingerprint density at radius 1 is 0.825 bits per heavy atom. The Morgan fingerprint density at radius 3 is 1.96 bits per heavy atom. The van der Waals surface area contributed by atoms with Crippen molar-refractivity contribution in [3.63, 3.8) is 0 Å². The van der Waals surface area contributed by atoms with Gasteiger partial charge >= 0.3 is 12.2 Å². The van der Waals surface area contributed by atoms with Gasteiger partial charge < -0.3 is 49.7 Å². The van der Waals surface area contributed by atoms with Gasteiger partial charge in [0, 0.05) is 20.2 Å². The minimum Gasteiger partial charge on any atom is -0.453 e. The standard InChI is InChI=1S/C41H52N8O8/c1-24(55-5)32(46-38(52)56-6)35(50)49-21-9-19-41(49,4)37-43-23-30(45-37)28-17-13-26(14-18-28)25-11-15-27(16-12-25)29-22-42-34(44-29)31-10-8-20-48(31)36(51)33(40(2,3)54)47-39(53)57-7/h11-18,22-24,31-33,54H,8-10,19-21H2,1-7H3,(H,42,44)(H,43,45)(H,46,52)(H,47,53)/t24-,31+,32+,33-,41+/m1/s1. The Bertz CT molecular complexity index is 2060. The summed E-state index contributed by atoms with van der Waals surface area (Å²) < 4.78 is 14.9. The van der Waals surface area contributed by atoms with Gasteiger partial charge in [0.1, 0.15) is 23.7 Å². The molecule has 0 spiro atoms. The van der Waals surface area contributed by atoms with E-state index in [2.05, 4.69) is 30.3 Å². The zero-order valence-corrected chi connectivity index (χ0v) is 33.4. The number of carbonyl (C=O) groups is 4. The van der Waals surface area contributed by atoms with Crippen LogP contribution in [-0.2, 0) is 29.3 Å². The molecule has 2 aliphatic rings. The number of nitrogens with one attached hydrogen (secondary N) is 4. The Balaban J connectivity index is 1.13. The molecule has 4 heterocycles. The van der Waals surface area contributed by atoms with Gasteiger partial charge in [0.25, 0.3) is 0 Å². The van der Waals surface area contributed by atoms with E-state index >= 15 is 0 Å². The first-order valence-electron chi connectivity index (χ1n) is 19.1. The first kappa shape index (κ1) is 40.9. The average Bonchev–Trinajstić information content (AvgIpc) is 4.05. The summed E-state index contributed by atoms with van der Waals surface area (Å²) in [6.07, 6.45) is 4.37. The molecule has 2 aromatic heterocycles. The van der Waals surface area contributed by atoms with Gasteiger partial charge in [-0.2, -0.15) is 0 Å². The number of carbonyl (C=O) groups excluding carboxylic acids is 4. The van der Waals surface area contributed by atoms with Crippen molar-refractivity contribution in [3.05, 3.63) is 72.6 Å². The molecule has 57 heavy (non-hydrogen) atoms. The lowest BCUT2D eigenvalue weighted by Gasteiger charge is -2.37. The number of benzene rings is 2. The van der Waals surface area contributed by atoms with Crippen LogP contribution in [0.4, 0.5) is 9.59 Å². The van der Waals surface area contributed by atoms with E-state index in [4.69, 9.17) is 14.5 Å². The highest BCUT2D eigenvalue weighted by molar-refractivity contribution is 5.88. The molecule has 2 fully saturated rings. The molecule has 0 radical (unpaired) electrons. The fourth-order valence-corrected chi connectivity index (χ4v) is 7.71. The number of hydrogen-bond acceptors (Lipinski definition) is 10. The maximum atomic E-state index is 13.8. The quantitative estimate of drug-likeness (QED) is 0.132. The summed E-state index contributed by atoms with van der Waals surface area (Å²) in [6, 6.07) is 13.8. The molecule has 6 rings (SSSR count). The molecule has 304 valence electrons. The number of imidazole rings is 2.